The zero-order chi connectivity index (χ0) is 11.7. The highest BCUT2D eigenvalue weighted by Gasteiger charge is 2.12. The fraction of sp³-hybridized carbons (Fsp3) is 0.231. The molecule has 0 aliphatic rings. The summed E-state index contributed by atoms with van der Waals surface area (Å²) in [5.74, 6) is -0.344. The number of methoxy groups -OCH3 is 1. The number of hydrogen-bond acceptors (Lipinski definition) is 3. The standard InChI is InChI=1S/C13H13NO2/c1-8-7-9(2)14-12-10(8)5-4-6-11(12)13(15)16-3/h4-7H,1-3H3. The van der Waals surface area contributed by atoms with Crippen LogP contribution in [0, 0.1) is 13.8 Å². The Balaban J connectivity index is 2.81. The molecule has 2 rings (SSSR count). The van der Waals surface area contributed by atoms with Crippen LogP contribution < -0.4 is 0 Å². The molecule has 0 aliphatic heterocycles. The van der Waals surface area contributed by atoms with E-state index in [0.717, 1.165) is 16.6 Å². The number of carbonyl (C=O) groups is 1. The third kappa shape index (κ3) is 1.65. The molecule has 0 atom stereocenters. The Labute approximate surface area is 94.1 Å². The summed E-state index contributed by atoms with van der Waals surface area (Å²) >= 11 is 0. The predicted molar refractivity (Wildman–Crippen MR) is 62.6 cm³/mol. The lowest BCUT2D eigenvalue weighted by atomic mass is 10.1. The number of hydrogen-bond donors (Lipinski definition) is 0. The van der Waals surface area contributed by atoms with E-state index >= 15 is 0 Å². The van der Waals surface area contributed by atoms with E-state index in [-0.39, 0.29) is 5.97 Å². The van der Waals surface area contributed by atoms with Gasteiger partial charge in [0.2, 0.25) is 0 Å². The van der Waals surface area contributed by atoms with Gasteiger partial charge < -0.3 is 4.74 Å². The number of esters is 1. The summed E-state index contributed by atoms with van der Waals surface area (Å²) in [5.41, 5.74) is 3.26. The van der Waals surface area contributed by atoms with Crippen molar-refractivity contribution in [3.63, 3.8) is 0 Å². The van der Waals surface area contributed by atoms with Crippen LogP contribution in [0.25, 0.3) is 10.9 Å². The maximum atomic E-state index is 11.6. The molecule has 0 bridgehead atoms. The first-order valence-electron chi connectivity index (χ1n) is 5.09. The van der Waals surface area contributed by atoms with Gasteiger partial charge in [0.15, 0.2) is 0 Å². The van der Waals surface area contributed by atoms with Crippen LogP contribution in [-0.4, -0.2) is 18.1 Å². The summed E-state index contributed by atoms with van der Waals surface area (Å²) < 4.78 is 4.75. The first kappa shape index (κ1) is 10.6. The molecule has 0 saturated carbocycles. The van der Waals surface area contributed by atoms with Gasteiger partial charge >= 0.3 is 5.97 Å². The Morgan fingerprint density at radius 2 is 2.06 bits per heavy atom. The van der Waals surface area contributed by atoms with E-state index < -0.39 is 0 Å². The number of ether oxygens (including phenoxy) is 1. The van der Waals surface area contributed by atoms with Gasteiger partial charge in [0.05, 0.1) is 18.2 Å². The van der Waals surface area contributed by atoms with Crippen molar-refractivity contribution in [2.24, 2.45) is 0 Å². The van der Waals surface area contributed by atoms with Gasteiger partial charge in [-0.1, -0.05) is 12.1 Å². The van der Waals surface area contributed by atoms with Crippen molar-refractivity contribution in [2.45, 2.75) is 13.8 Å². The quantitative estimate of drug-likeness (QED) is 0.686. The predicted octanol–water partition coefficient (Wildman–Crippen LogP) is 2.64. The highest BCUT2D eigenvalue weighted by molar-refractivity contribution is 6.03. The van der Waals surface area contributed by atoms with E-state index in [1.165, 1.54) is 7.11 Å². The lowest BCUT2D eigenvalue weighted by Gasteiger charge is -2.07. The summed E-state index contributed by atoms with van der Waals surface area (Å²) in [6.45, 7) is 3.93. The largest absolute Gasteiger partial charge is 0.465 e. The number of nitrogens with zero attached hydrogens (tertiary/aromatic N) is 1. The zero-order valence-electron chi connectivity index (χ0n) is 9.57. The van der Waals surface area contributed by atoms with Gasteiger partial charge in [0, 0.05) is 11.1 Å². The molecule has 0 saturated heterocycles. The van der Waals surface area contributed by atoms with Crippen LogP contribution in [0.1, 0.15) is 21.6 Å². The number of aromatic nitrogens is 1. The van der Waals surface area contributed by atoms with Crippen LogP contribution in [0.4, 0.5) is 0 Å². The normalized spacial score (nSPS) is 10.4. The van der Waals surface area contributed by atoms with Crippen LogP contribution in [-0.2, 0) is 4.74 Å². The smallest absolute Gasteiger partial charge is 0.340 e. The number of para-hydroxylation sites is 1. The van der Waals surface area contributed by atoms with Gasteiger partial charge in [-0.2, -0.15) is 0 Å². The number of carbonyl (C=O) groups excluding carboxylic acids is 1. The number of pyridine rings is 1. The van der Waals surface area contributed by atoms with Crippen molar-refractivity contribution < 1.29 is 9.53 Å². The third-order valence-corrected chi connectivity index (χ3v) is 2.58. The summed E-state index contributed by atoms with van der Waals surface area (Å²) in [7, 11) is 1.38. The summed E-state index contributed by atoms with van der Waals surface area (Å²) in [6.07, 6.45) is 0. The van der Waals surface area contributed by atoms with Gasteiger partial charge in [-0.05, 0) is 31.5 Å². The molecule has 0 N–H and O–H groups in total. The molecule has 0 unspecified atom stereocenters. The van der Waals surface area contributed by atoms with Crippen molar-refractivity contribution in [1.29, 1.82) is 0 Å². The third-order valence-electron chi connectivity index (χ3n) is 2.58. The van der Waals surface area contributed by atoms with E-state index in [2.05, 4.69) is 4.98 Å². The lowest BCUT2D eigenvalue weighted by molar-refractivity contribution is 0.0603. The molecule has 3 nitrogen and oxygen atoms in total. The molecule has 3 heteroatoms. The molecule has 1 aromatic heterocycles. The van der Waals surface area contributed by atoms with Crippen molar-refractivity contribution >= 4 is 16.9 Å². The fourth-order valence-corrected chi connectivity index (χ4v) is 1.86. The van der Waals surface area contributed by atoms with Crippen molar-refractivity contribution in [3.8, 4) is 0 Å². The van der Waals surface area contributed by atoms with E-state index in [0.29, 0.717) is 11.1 Å². The van der Waals surface area contributed by atoms with E-state index in [1.54, 1.807) is 6.07 Å². The SMILES string of the molecule is COC(=O)c1cccc2c(C)cc(C)nc12. The van der Waals surface area contributed by atoms with Crippen LogP contribution in [0.3, 0.4) is 0 Å². The minimum atomic E-state index is -0.344. The van der Waals surface area contributed by atoms with Gasteiger partial charge in [0.1, 0.15) is 0 Å². The molecule has 0 fully saturated rings. The second kappa shape index (κ2) is 3.93. The first-order chi connectivity index (χ1) is 7.63. The number of rotatable bonds is 1. The Bertz CT molecular complexity index is 561. The molecule has 0 radical (unpaired) electrons. The summed E-state index contributed by atoms with van der Waals surface area (Å²) in [6, 6.07) is 7.55. The molecule has 0 spiro atoms. The van der Waals surface area contributed by atoms with Crippen molar-refractivity contribution in [2.75, 3.05) is 7.11 Å². The van der Waals surface area contributed by atoms with Gasteiger partial charge in [-0.3, -0.25) is 4.98 Å². The van der Waals surface area contributed by atoms with E-state index in [1.807, 2.05) is 32.0 Å². The van der Waals surface area contributed by atoms with Crippen LogP contribution in [0.15, 0.2) is 24.3 Å². The van der Waals surface area contributed by atoms with Gasteiger partial charge in [0.25, 0.3) is 0 Å². The first-order valence-corrected chi connectivity index (χ1v) is 5.09. The molecule has 0 amide bonds. The van der Waals surface area contributed by atoms with Gasteiger partial charge in [-0.25, -0.2) is 4.79 Å². The van der Waals surface area contributed by atoms with Gasteiger partial charge in [-0.15, -0.1) is 0 Å². The minimum Gasteiger partial charge on any atom is -0.465 e. The van der Waals surface area contributed by atoms with Crippen LogP contribution in [0.5, 0.6) is 0 Å². The van der Waals surface area contributed by atoms with Crippen molar-refractivity contribution in [1.82, 2.24) is 4.98 Å². The van der Waals surface area contributed by atoms with E-state index in [4.69, 9.17) is 4.74 Å². The molecule has 0 aliphatic carbocycles. The highest BCUT2D eigenvalue weighted by atomic mass is 16.5. The zero-order valence-corrected chi connectivity index (χ0v) is 9.57. The molecule has 2 aromatic rings. The fourth-order valence-electron chi connectivity index (χ4n) is 1.86. The lowest BCUT2D eigenvalue weighted by Crippen LogP contribution is -2.03. The maximum Gasteiger partial charge on any atom is 0.340 e. The average Bonchev–Trinajstić information content (AvgIpc) is 2.27. The molecule has 1 heterocycles. The second-order valence-corrected chi connectivity index (χ2v) is 3.77. The van der Waals surface area contributed by atoms with Crippen LogP contribution >= 0.6 is 0 Å². The topological polar surface area (TPSA) is 39.2 Å². The summed E-state index contributed by atoms with van der Waals surface area (Å²) in [4.78, 5) is 16.0. The molecule has 1 aromatic carbocycles. The highest BCUT2D eigenvalue weighted by Crippen LogP contribution is 2.21. The maximum absolute atomic E-state index is 11.6. The molecular formula is C13H13NO2. The monoisotopic (exact) mass is 215 g/mol. The Hall–Kier alpha value is -1.90. The number of fused-ring (bicyclic) bond motifs is 1. The Morgan fingerprint density at radius 3 is 2.75 bits per heavy atom. The Kier molecular flexibility index (Phi) is 2.60. The second-order valence-electron chi connectivity index (χ2n) is 3.77. The van der Waals surface area contributed by atoms with Crippen molar-refractivity contribution in [3.05, 3.63) is 41.1 Å². The number of benzene rings is 1. The summed E-state index contributed by atoms with van der Waals surface area (Å²) in [5, 5.41) is 0.994. The average molecular weight is 215 g/mol. The molecular weight excluding hydrogens is 202 g/mol. The Morgan fingerprint density at radius 1 is 1.31 bits per heavy atom. The molecule has 16 heavy (non-hydrogen) atoms. The number of aryl methyl sites for hydroxylation is 2. The minimum absolute atomic E-state index is 0.344. The van der Waals surface area contributed by atoms with Crippen LogP contribution in [0.2, 0.25) is 0 Å². The molecule has 82 valence electrons. The van der Waals surface area contributed by atoms with E-state index in [9.17, 15) is 4.79 Å².